The number of hydrogen-bond acceptors (Lipinski definition) is 5. The number of halogens is 3. The van der Waals surface area contributed by atoms with Crippen LogP contribution in [0.25, 0.3) is 0 Å². The molecule has 27 heavy (non-hydrogen) atoms. The quantitative estimate of drug-likeness (QED) is 0.570. The van der Waals surface area contributed by atoms with Crippen LogP contribution in [-0.2, 0) is 15.7 Å². The van der Waals surface area contributed by atoms with Crippen molar-refractivity contribution in [1.82, 2.24) is 10.3 Å². The lowest BCUT2D eigenvalue weighted by Crippen LogP contribution is -2.28. The second-order valence-electron chi connectivity index (χ2n) is 5.27. The molecule has 0 aliphatic heterocycles. The summed E-state index contributed by atoms with van der Waals surface area (Å²) in [6.07, 6.45) is -1.66. The summed E-state index contributed by atoms with van der Waals surface area (Å²) in [5, 5.41) is 5.10. The molecule has 1 amide bonds. The van der Waals surface area contributed by atoms with Crippen LogP contribution in [0.3, 0.4) is 0 Å². The maximum atomic E-state index is 12.8. The van der Waals surface area contributed by atoms with Crippen molar-refractivity contribution in [2.24, 2.45) is 0 Å². The van der Waals surface area contributed by atoms with Gasteiger partial charge < -0.3 is 15.4 Å². The third kappa shape index (κ3) is 5.84. The molecule has 142 valence electrons. The van der Waals surface area contributed by atoms with Gasteiger partial charge in [0.25, 0.3) is 5.91 Å². The molecule has 0 atom stereocenters. The Balaban J connectivity index is 2.13. The molecular formula is C18H16F3N3O3. The van der Waals surface area contributed by atoms with Crippen LogP contribution >= 0.6 is 0 Å². The molecule has 0 saturated carbocycles. The van der Waals surface area contributed by atoms with Crippen LogP contribution in [0.4, 0.5) is 24.7 Å². The van der Waals surface area contributed by atoms with Crippen molar-refractivity contribution < 1.29 is 27.5 Å². The second kappa shape index (κ2) is 8.84. The first-order valence-electron chi connectivity index (χ1n) is 7.75. The van der Waals surface area contributed by atoms with Gasteiger partial charge in [-0.3, -0.25) is 4.79 Å². The minimum Gasteiger partial charge on any atom is -0.452 e. The van der Waals surface area contributed by atoms with E-state index in [2.05, 4.69) is 22.2 Å². The number of hydrogen-bond donors (Lipinski definition) is 2. The topological polar surface area (TPSA) is 80.3 Å². The average Bonchev–Trinajstić information content (AvgIpc) is 2.64. The first-order valence-corrected chi connectivity index (χ1v) is 7.75. The summed E-state index contributed by atoms with van der Waals surface area (Å²) < 4.78 is 43.3. The molecule has 0 unspecified atom stereocenters. The fraction of sp³-hybridized carbons (Fsp3) is 0.167. The fourth-order valence-corrected chi connectivity index (χ4v) is 2.03. The van der Waals surface area contributed by atoms with E-state index >= 15 is 0 Å². The Bertz CT molecular complexity index is 838. The lowest BCUT2D eigenvalue weighted by molar-refractivity contribution is -0.137. The monoisotopic (exact) mass is 379 g/mol. The van der Waals surface area contributed by atoms with Crippen LogP contribution in [0.5, 0.6) is 0 Å². The van der Waals surface area contributed by atoms with Gasteiger partial charge >= 0.3 is 12.1 Å². The number of ether oxygens (including phenoxy) is 1. The van der Waals surface area contributed by atoms with Gasteiger partial charge in [0, 0.05) is 18.4 Å². The van der Waals surface area contributed by atoms with E-state index in [4.69, 9.17) is 4.74 Å². The van der Waals surface area contributed by atoms with Crippen molar-refractivity contribution >= 4 is 23.4 Å². The first kappa shape index (κ1) is 20.0. The fourth-order valence-electron chi connectivity index (χ4n) is 2.03. The lowest BCUT2D eigenvalue weighted by Gasteiger charge is -2.12. The van der Waals surface area contributed by atoms with Crippen LogP contribution in [0, 0.1) is 0 Å². The Morgan fingerprint density at radius 1 is 1.22 bits per heavy atom. The standard InChI is InChI=1S/C18H16F3N3O3/c1-2-8-22-15(25)11-27-17(26)14-7-4-9-23-16(14)24-13-6-3-5-12(10-13)18(19,20)21/h2-7,9-10H,1,8,11H2,(H,22,25)(H,23,24). The number of rotatable bonds is 7. The summed E-state index contributed by atoms with van der Waals surface area (Å²) in [6, 6.07) is 7.31. The van der Waals surface area contributed by atoms with E-state index < -0.39 is 30.2 Å². The van der Waals surface area contributed by atoms with E-state index in [1.165, 1.54) is 36.5 Å². The van der Waals surface area contributed by atoms with Gasteiger partial charge in [-0.05, 0) is 30.3 Å². The van der Waals surface area contributed by atoms with E-state index in [0.29, 0.717) is 0 Å². The van der Waals surface area contributed by atoms with Crippen LogP contribution in [0.1, 0.15) is 15.9 Å². The van der Waals surface area contributed by atoms with E-state index in [1.54, 1.807) is 0 Å². The zero-order valence-electron chi connectivity index (χ0n) is 14.0. The minimum atomic E-state index is -4.50. The van der Waals surface area contributed by atoms with Crippen LogP contribution in [-0.4, -0.2) is 30.0 Å². The highest BCUT2D eigenvalue weighted by atomic mass is 19.4. The SMILES string of the molecule is C=CCNC(=O)COC(=O)c1cccnc1Nc1cccc(C(F)(F)F)c1. The van der Waals surface area contributed by atoms with Gasteiger partial charge in [-0.1, -0.05) is 12.1 Å². The average molecular weight is 379 g/mol. The Morgan fingerprint density at radius 3 is 2.70 bits per heavy atom. The zero-order chi connectivity index (χ0) is 19.9. The number of nitrogens with zero attached hydrogens (tertiary/aromatic N) is 1. The summed E-state index contributed by atoms with van der Waals surface area (Å²) in [6.45, 7) is 3.16. The summed E-state index contributed by atoms with van der Waals surface area (Å²) in [7, 11) is 0. The highest BCUT2D eigenvalue weighted by molar-refractivity contribution is 5.96. The number of amides is 1. The van der Waals surface area contributed by atoms with Gasteiger partial charge in [0.05, 0.1) is 5.56 Å². The number of carbonyl (C=O) groups is 2. The van der Waals surface area contributed by atoms with Crippen molar-refractivity contribution in [3.63, 3.8) is 0 Å². The van der Waals surface area contributed by atoms with E-state index in [1.807, 2.05) is 0 Å². The molecule has 9 heteroatoms. The molecule has 1 aromatic heterocycles. The molecule has 0 bridgehead atoms. The van der Waals surface area contributed by atoms with Crippen molar-refractivity contribution in [2.75, 3.05) is 18.5 Å². The molecule has 2 N–H and O–H groups in total. The Morgan fingerprint density at radius 2 is 2.00 bits per heavy atom. The summed E-state index contributed by atoms with van der Waals surface area (Å²) in [5.74, 6) is -1.35. The number of esters is 1. The number of carbonyl (C=O) groups excluding carboxylic acids is 2. The first-order chi connectivity index (χ1) is 12.8. The summed E-state index contributed by atoms with van der Waals surface area (Å²) in [5.41, 5.74) is -0.765. The largest absolute Gasteiger partial charge is 0.452 e. The molecule has 0 spiro atoms. The second-order valence-corrected chi connectivity index (χ2v) is 5.27. The lowest BCUT2D eigenvalue weighted by atomic mass is 10.2. The number of anilines is 2. The number of benzene rings is 1. The molecular weight excluding hydrogens is 363 g/mol. The Hall–Kier alpha value is -3.36. The van der Waals surface area contributed by atoms with E-state index in [0.717, 1.165) is 12.1 Å². The maximum Gasteiger partial charge on any atom is 0.416 e. The Labute approximate surface area is 153 Å². The predicted molar refractivity (Wildman–Crippen MR) is 92.5 cm³/mol. The van der Waals surface area contributed by atoms with Gasteiger partial charge in [-0.2, -0.15) is 13.2 Å². The van der Waals surface area contributed by atoms with Crippen LogP contribution in [0.15, 0.2) is 55.3 Å². The van der Waals surface area contributed by atoms with E-state index in [-0.39, 0.29) is 23.6 Å². The molecule has 2 aromatic rings. The molecule has 1 aromatic carbocycles. The summed E-state index contributed by atoms with van der Waals surface area (Å²) in [4.78, 5) is 27.6. The molecule has 1 heterocycles. The van der Waals surface area contributed by atoms with Gasteiger partial charge in [0.15, 0.2) is 6.61 Å². The highest BCUT2D eigenvalue weighted by Gasteiger charge is 2.30. The van der Waals surface area contributed by atoms with Crippen molar-refractivity contribution in [2.45, 2.75) is 6.18 Å². The number of aromatic nitrogens is 1. The van der Waals surface area contributed by atoms with E-state index in [9.17, 15) is 22.8 Å². The highest BCUT2D eigenvalue weighted by Crippen LogP contribution is 2.31. The third-order valence-electron chi connectivity index (χ3n) is 3.26. The van der Waals surface area contributed by atoms with Crippen LogP contribution in [0.2, 0.25) is 0 Å². The zero-order valence-corrected chi connectivity index (χ0v) is 14.0. The number of nitrogens with one attached hydrogen (secondary N) is 2. The molecule has 2 rings (SSSR count). The molecule has 0 fully saturated rings. The van der Waals surface area contributed by atoms with Gasteiger partial charge in [-0.25, -0.2) is 9.78 Å². The summed E-state index contributed by atoms with van der Waals surface area (Å²) >= 11 is 0. The van der Waals surface area contributed by atoms with Gasteiger partial charge in [-0.15, -0.1) is 6.58 Å². The van der Waals surface area contributed by atoms with Crippen molar-refractivity contribution in [3.8, 4) is 0 Å². The molecule has 0 radical (unpaired) electrons. The molecule has 0 saturated heterocycles. The predicted octanol–water partition coefficient (Wildman–Crippen LogP) is 3.30. The maximum absolute atomic E-state index is 12.8. The van der Waals surface area contributed by atoms with Crippen molar-refractivity contribution in [1.29, 1.82) is 0 Å². The molecule has 0 aliphatic rings. The minimum absolute atomic E-state index is 0.00771. The Kier molecular flexibility index (Phi) is 6.53. The third-order valence-corrected chi connectivity index (χ3v) is 3.26. The normalized spacial score (nSPS) is 10.8. The molecule has 0 aliphatic carbocycles. The number of alkyl halides is 3. The van der Waals surface area contributed by atoms with Gasteiger partial charge in [0.1, 0.15) is 11.4 Å². The van der Waals surface area contributed by atoms with Crippen molar-refractivity contribution in [3.05, 3.63) is 66.4 Å². The van der Waals surface area contributed by atoms with Crippen LogP contribution < -0.4 is 10.6 Å². The number of pyridine rings is 1. The van der Waals surface area contributed by atoms with Gasteiger partial charge in [0.2, 0.25) is 0 Å². The molecule has 6 nitrogen and oxygen atoms in total. The smallest absolute Gasteiger partial charge is 0.416 e.